The number of aromatic nitrogens is 1. The lowest BCUT2D eigenvalue weighted by atomic mass is 10.1. The molecule has 0 aliphatic heterocycles. The normalized spacial score (nSPS) is 11.9. The summed E-state index contributed by atoms with van der Waals surface area (Å²) in [5.41, 5.74) is 1.22. The Morgan fingerprint density at radius 3 is 2.44 bits per heavy atom. The Hall–Kier alpha value is -4.14. The van der Waals surface area contributed by atoms with Crippen LogP contribution in [0.25, 0.3) is 15.1 Å². The minimum Gasteiger partial charge on any atom is -0.493 e. The number of sulfone groups is 1. The number of nitrogens with zero attached hydrogens (tertiary/aromatic N) is 2. The van der Waals surface area contributed by atoms with Crippen molar-refractivity contribution in [3.63, 3.8) is 0 Å². The van der Waals surface area contributed by atoms with E-state index in [0.717, 1.165) is 4.70 Å². The predicted octanol–water partition coefficient (Wildman–Crippen LogP) is 6.20. The van der Waals surface area contributed by atoms with Gasteiger partial charge in [-0.25, -0.2) is 18.2 Å². The molecule has 11 heteroatoms. The van der Waals surface area contributed by atoms with E-state index in [1.54, 1.807) is 54.6 Å². The fourth-order valence-electron chi connectivity index (χ4n) is 3.90. The van der Waals surface area contributed by atoms with Gasteiger partial charge in [-0.05, 0) is 24.6 Å². The number of anilines is 1. The van der Waals surface area contributed by atoms with Crippen LogP contribution in [-0.2, 0) is 14.6 Å². The number of fused-ring (bicyclic) bond motifs is 1. The van der Waals surface area contributed by atoms with Crippen molar-refractivity contribution in [1.29, 1.82) is 0 Å². The molecule has 1 unspecified atom stereocenters. The lowest BCUT2D eigenvalue weighted by molar-refractivity contribution is -0.123. The third-order valence-electron chi connectivity index (χ3n) is 5.88. The predicted molar refractivity (Wildman–Crippen MR) is 151 cm³/mol. The van der Waals surface area contributed by atoms with Gasteiger partial charge in [0.1, 0.15) is 5.75 Å². The van der Waals surface area contributed by atoms with E-state index in [-0.39, 0.29) is 16.2 Å². The van der Waals surface area contributed by atoms with Crippen LogP contribution < -0.4 is 19.5 Å². The Labute approximate surface area is 231 Å². The molecule has 0 radical (unpaired) electrons. The number of methoxy groups -OCH3 is 2. The first-order valence-corrected chi connectivity index (χ1v) is 14.6. The van der Waals surface area contributed by atoms with Gasteiger partial charge in [-0.15, -0.1) is 0 Å². The second kappa shape index (κ2) is 12.1. The quantitative estimate of drug-likeness (QED) is 0.216. The van der Waals surface area contributed by atoms with Gasteiger partial charge in [-0.1, -0.05) is 55.0 Å². The zero-order valence-electron chi connectivity index (χ0n) is 21.6. The third kappa shape index (κ3) is 6.30. The number of benzene rings is 3. The largest absolute Gasteiger partial charge is 0.493 e. The van der Waals surface area contributed by atoms with Crippen LogP contribution >= 0.6 is 11.3 Å². The summed E-state index contributed by atoms with van der Waals surface area (Å²) in [5.74, 6) is 0.698. The van der Waals surface area contributed by atoms with E-state index >= 15 is 0 Å². The first-order chi connectivity index (χ1) is 18.8. The summed E-state index contributed by atoms with van der Waals surface area (Å²) in [4.78, 5) is 21.6. The second-order valence-electron chi connectivity index (χ2n) is 8.50. The molecule has 1 aromatic heterocycles. The van der Waals surface area contributed by atoms with E-state index in [1.165, 1.54) is 31.6 Å². The summed E-state index contributed by atoms with van der Waals surface area (Å²) in [6.45, 7) is 9.08. The van der Waals surface area contributed by atoms with Gasteiger partial charge in [0, 0.05) is 17.7 Å². The monoisotopic (exact) mass is 565 g/mol. The first kappa shape index (κ1) is 27.9. The molecule has 4 rings (SSSR count). The van der Waals surface area contributed by atoms with Gasteiger partial charge in [0.25, 0.3) is 5.91 Å². The van der Waals surface area contributed by atoms with Crippen molar-refractivity contribution in [3.8, 4) is 17.2 Å². The summed E-state index contributed by atoms with van der Waals surface area (Å²) in [6.07, 6.45) is -0.111. The number of ether oxygens (including phenoxy) is 3. The van der Waals surface area contributed by atoms with Gasteiger partial charge in [0.05, 0.1) is 41.7 Å². The van der Waals surface area contributed by atoms with Crippen LogP contribution in [0.2, 0.25) is 0 Å². The molecular weight excluding hydrogens is 538 g/mol. The smallest absolute Gasteiger partial charge is 0.272 e. The number of unbranched alkanes of at least 4 members (excludes halogenated alkanes) is 1. The summed E-state index contributed by atoms with van der Waals surface area (Å²) < 4.78 is 44.0. The molecular formula is C28H27N3O6S2. The second-order valence-corrected chi connectivity index (χ2v) is 11.6. The number of carbonyl (C=O) groups is 1. The minimum atomic E-state index is -3.68. The molecule has 0 spiro atoms. The number of thiazole rings is 1. The highest BCUT2D eigenvalue weighted by atomic mass is 32.2. The van der Waals surface area contributed by atoms with Gasteiger partial charge >= 0.3 is 0 Å². The van der Waals surface area contributed by atoms with E-state index < -0.39 is 21.8 Å². The highest BCUT2D eigenvalue weighted by Crippen LogP contribution is 2.37. The number of hydrogen-bond donors (Lipinski definition) is 1. The average molecular weight is 566 g/mol. The van der Waals surface area contributed by atoms with Gasteiger partial charge in [-0.2, -0.15) is 0 Å². The molecule has 3 aromatic carbocycles. The van der Waals surface area contributed by atoms with Crippen molar-refractivity contribution < 1.29 is 27.4 Å². The summed E-state index contributed by atoms with van der Waals surface area (Å²) in [6, 6.07) is 16.1. The average Bonchev–Trinajstić information content (AvgIpc) is 3.35. The van der Waals surface area contributed by atoms with Crippen LogP contribution in [0.1, 0.15) is 31.4 Å². The summed E-state index contributed by atoms with van der Waals surface area (Å²) in [7, 11) is -0.625. The fourth-order valence-corrected chi connectivity index (χ4v) is 6.49. The van der Waals surface area contributed by atoms with E-state index in [4.69, 9.17) is 20.8 Å². The Kier molecular flexibility index (Phi) is 8.69. The summed E-state index contributed by atoms with van der Waals surface area (Å²) in [5, 5.41) is 3.09. The van der Waals surface area contributed by atoms with Crippen LogP contribution in [0.15, 0.2) is 65.6 Å². The van der Waals surface area contributed by atoms with Crippen molar-refractivity contribution in [1.82, 2.24) is 4.98 Å². The van der Waals surface area contributed by atoms with Crippen LogP contribution in [0.4, 0.5) is 10.8 Å². The van der Waals surface area contributed by atoms with E-state index in [1.807, 2.05) is 6.92 Å². The number of amides is 1. The zero-order valence-corrected chi connectivity index (χ0v) is 23.3. The minimum absolute atomic E-state index is 0.0372. The van der Waals surface area contributed by atoms with Gasteiger partial charge in [-0.3, -0.25) is 10.1 Å². The molecule has 39 heavy (non-hydrogen) atoms. The maximum atomic E-state index is 13.7. The molecule has 0 bridgehead atoms. The van der Waals surface area contributed by atoms with Crippen LogP contribution in [0.3, 0.4) is 0 Å². The topological polar surface area (TPSA) is 108 Å². The Balaban J connectivity index is 1.73. The molecule has 202 valence electrons. The first-order valence-electron chi connectivity index (χ1n) is 12.1. The van der Waals surface area contributed by atoms with E-state index in [0.29, 0.717) is 46.4 Å². The van der Waals surface area contributed by atoms with Crippen molar-refractivity contribution in [2.45, 2.75) is 30.8 Å². The maximum Gasteiger partial charge on any atom is 0.272 e. The lowest BCUT2D eigenvalue weighted by Crippen LogP contribution is -2.27. The standard InChI is InChI=1S/C28H27N3O6S2/c1-5-6-15-39(33,34)25-10-8-7-9-20(25)26(37-19-13-11-18(29-2)12-14-19)27(32)31-28-30-21-16-22(35-3)23(36-4)17-24(21)38-28/h7-14,16-17,26H,5-6,15H2,1,3-4H3,(H,30,31,32). The highest BCUT2D eigenvalue weighted by molar-refractivity contribution is 7.91. The third-order valence-corrected chi connectivity index (χ3v) is 8.69. The SMILES string of the molecule is [C-]#[N+]c1ccc(OC(C(=O)Nc2nc3cc(OC)c(OC)cc3s2)c2ccccc2S(=O)(=O)CCCC)cc1. The number of hydrogen-bond acceptors (Lipinski definition) is 8. The number of carbonyl (C=O) groups excluding carboxylic acids is 1. The number of nitrogens with one attached hydrogen (secondary N) is 1. The highest BCUT2D eigenvalue weighted by Gasteiger charge is 2.30. The number of rotatable bonds is 11. The Bertz CT molecular complexity index is 1580. The van der Waals surface area contributed by atoms with Gasteiger partial charge in [0.2, 0.25) is 6.10 Å². The Morgan fingerprint density at radius 2 is 1.77 bits per heavy atom. The van der Waals surface area contributed by atoms with Crippen LogP contribution in [-0.4, -0.2) is 39.3 Å². The zero-order chi connectivity index (χ0) is 28.0. The van der Waals surface area contributed by atoms with Crippen molar-refractivity contribution >= 4 is 48.1 Å². The molecule has 0 aliphatic carbocycles. The molecule has 1 N–H and O–H groups in total. The van der Waals surface area contributed by atoms with Gasteiger partial charge in [0.15, 0.2) is 32.2 Å². The molecule has 0 saturated carbocycles. The van der Waals surface area contributed by atoms with Crippen LogP contribution in [0.5, 0.6) is 17.2 Å². The molecule has 0 fully saturated rings. The fraction of sp³-hybridized carbons (Fsp3) is 0.250. The molecule has 0 aliphatic rings. The summed E-state index contributed by atoms with van der Waals surface area (Å²) >= 11 is 1.23. The molecule has 9 nitrogen and oxygen atoms in total. The van der Waals surface area contributed by atoms with Gasteiger partial charge < -0.3 is 14.2 Å². The molecule has 1 atom stereocenters. The van der Waals surface area contributed by atoms with E-state index in [9.17, 15) is 13.2 Å². The van der Waals surface area contributed by atoms with Crippen molar-refractivity contribution in [2.24, 2.45) is 0 Å². The van der Waals surface area contributed by atoms with Crippen molar-refractivity contribution in [2.75, 3.05) is 25.3 Å². The molecule has 1 heterocycles. The van der Waals surface area contributed by atoms with Crippen molar-refractivity contribution in [3.05, 3.63) is 77.6 Å². The lowest BCUT2D eigenvalue weighted by Gasteiger charge is -2.21. The Morgan fingerprint density at radius 1 is 1.08 bits per heavy atom. The van der Waals surface area contributed by atoms with E-state index in [2.05, 4.69) is 15.1 Å². The molecule has 0 saturated heterocycles. The molecule has 4 aromatic rings. The molecule has 1 amide bonds. The van der Waals surface area contributed by atoms with Crippen LogP contribution in [0, 0.1) is 6.57 Å². The maximum absolute atomic E-state index is 13.7.